The van der Waals surface area contributed by atoms with Gasteiger partial charge in [0.2, 0.25) is 15.9 Å². The Hall–Kier alpha value is -3.01. The van der Waals surface area contributed by atoms with E-state index in [-0.39, 0.29) is 42.4 Å². The molecule has 0 radical (unpaired) electrons. The molecule has 0 aliphatic carbocycles. The van der Waals surface area contributed by atoms with Crippen LogP contribution in [0.2, 0.25) is 0 Å². The molecule has 1 aromatic heterocycles. The first-order valence-electron chi connectivity index (χ1n) is 11.2. The molecule has 9 heteroatoms. The van der Waals surface area contributed by atoms with Crippen LogP contribution in [0.15, 0.2) is 77.5 Å². The van der Waals surface area contributed by atoms with Gasteiger partial charge in [-0.3, -0.25) is 4.79 Å². The highest BCUT2D eigenvalue weighted by Gasteiger charge is 2.35. The van der Waals surface area contributed by atoms with E-state index in [0.29, 0.717) is 18.7 Å². The van der Waals surface area contributed by atoms with Gasteiger partial charge in [0.25, 0.3) is 0 Å². The minimum Gasteiger partial charge on any atom is -0.491 e. The Kier molecular flexibility index (Phi) is 7.69. The molecule has 1 aliphatic heterocycles. The number of halogens is 1. The highest BCUT2D eigenvalue weighted by Crippen LogP contribution is 2.34. The average molecular weight is 515 g/mol. The van der Waals surface area contributed by atoms with E-state index < -0.39 is 10.0 Å². The summed E-state index contributed by atoms with van der Waals surface area (Å²) in [5.41, 5.74) is 1.94. The van der Waals surface area contributed by atoms with Crippen LogP contribution < -0.4 is 4.74 Å². The summed E-state index contributed by atoms with van der Waals surface area (Å²) in [6.07, 6.45) is 2.17. The summed E-state index contributed by atoms with van der Waals surface area (Å²) in [4.78, 5) is 16.5. The second kappa shape index (κ2) is 10.7. The number of benzene rings is 2. The smallest absolute Gasteiger partial charge is 0.243 e. The van der Waals surface area contributed by atoms with E-state index in [1.165, 1.54) is 23.1 Å². The minimum atomic E-state index is -3.89. The van der Waals surface area contributed by atoms with Crippen molar-refractivity contribution in [2.24, 2.45) is 0 Å². The molecule has 6 nitrogen and oxygen atoms in total. The van der Waals surface area contributed by atoms with Crippen molar-refractivity contribution in [2.45, 2.75) is 24.3 Å². The molecule has 0 unspecified atom stereocenters. The van der Waals surface area contributed by atoms with Gasteiger partial charge in [0, 0.05) is 18.0 Å². The molecular weight excluding hydrogens is 487 g/mol. The van der Waals surface area contributed by atoms with Gasteiger partial charge in [0.15, 0.2) is 0 Å². The number of fused-ring (bicyclic) bond motifs is 1. The number of hydrogen-bond donors (Lipinski definition) is 0. The van der Waals surface area contributed by atoms with Gasteiger partial charge >= 0.3 is 0 Å². The van der Waals surface area contributed by atoms with Gasteiger partial charge in [-0.05, 0) is 66.8 Å². The summed E-state index contributed by atoms with van der Waals surface area (Å²) in [6, 6.07) is 13.9. The third-order valence-corrected chi connectivity index (χ3v) is 8.76. The summed E-state index contributed by atoms with van der Waals surface area (Å²) >= 11 is 1.63. The lowest BCUT2D eigenvalue weighted by Gasteiger charge is -2.36. The maximum Gasteiger partial charge on any atom is 0.243 e. The monoisotopic (exact) mass is 514 g/mol. The van der Waals surface area contributed by atoms with Gasteiger partial charge in [-0.25, -0.2) is 12.8 Å². The number of sulfonamides is 1. The first-order chi connectivity index (χ1) is 16.8. The zero-order valence-corrected chi connectivity index (χ0v) is 21.0. The number of nitrogens with zero attached hydrogens (tertiary/aromatic N) is 2. The molecule has 35 heavy (non-hydrogen) atoms. The third-order valence-electron chi connectivity index (χ3n) is 5.94. The van der Waals surface area contributed by atoms with Crippen LogP contribution in [0.25, 0.3) is 0 Å². The fourth-order valence-electron chi connectivity index (χ4n) is 4.07. The Morgan fingerprint density at radius 1 is 1.20 bits per heavy atom. The number of aryl methyl sites for hydroxylation is 1. The molecule has 3 aromatic rings. The highest BCUT2D eigenvalue weighted by molar-refractivity contribution is 7.89. The molecule has 0 saturated carbocycles. The number of rotatable bonds is 9. The maximum atomic E-state index is 13.5. The van der Waals surface area contributed by atoms with Crippen LogP contribution in [0.5, 0.6) is 5.75 Å². The SMILES string of the molecule is C=CCN(CC(=O)N1CCc2sccc2[C@@H]1COc1ccc(F)cc1)S(=O)(=O)c1ccc(C)cc1. The predicted molar refractivity (Wildman–Crippen MR) is 135 cm³/mol. The van der Waals surface area contributed by atoms with Crippen molar-refractivity contribution in [2.75, 3.05) is 26.2 Å². The first-order valence-corrected chi connectivity index (χ1v) is 13.5. The summed E-state index contributed by atoms with van der Waals surface area (Å²) in [7, 11) is -3.89. The Morgan fingerprint density at radius 3 is 2.60 bits per heavy atom. The fraction of sp³-hybridized carbons (Fsp3) is 0.269. The van der Waals surface area contributed by atoms with Crippen LogP contribution in [0.4, 0.5) is 4.39 Å². The van der Waals surface area contributed by atoms with Crippen molar-refractivity contribution >= 4 is 27.3 Å². The van der Waals surface area contributed by atoms with E-state index in [1.807, 2.05) is 18.4 Å². The van der Waals surface area contributed by atoms with E-state index in [0.717, 1.165) is 15.4 Å². The number of ether oxygens (including phenoxy) is 1. The molecule has 4 rings (SSSR count). The molecule has 184 valence electrons. The molecule has 0 N–H and O–H groups in total. The molecule has 2 aromatic carbocycles. The van der Waals surface area contributed by atoms with E-state index in [4.69, 9.17) is 4.74 Å². The van der Waals surface area contributed by atoms with Gasteiger partial charge in [-0.1, -0.05) is 23.8 Å². The normalized spacial score (nSPS) is 15.6. The Bertz CT molecular complexity index is 1290. The highest BCUT2D eigenvalue weighted by atomic mass is 32.2. The second-order valence-corrected chi connectivity index (χ2v) is 11.3. The Labute approximate surface area is 209 Å². The standard InChI is InChI=1S/C26H27FN2O4S2/c1-3-14-28(35(31,32)22-10-4-19(2)5-11-22)17-26(30)29-15-12-25-23(13-16-34-25)24(29)18-33-21-8-6-20(27)7-9-21/h3-11,13,16,24H,1,12,14-15,17-18H2,2H3/t24-/m0/s1. The van der Waals surface area contributed by atoms with Crippen LogP contribution >= 0.6 is 11.3 Å². The van der Waals surface area contributed by atoms with Crippen LogP contribution in [0.1, 0.15) is 22.0 Å². The topological polar surface area (TPSA) is 66.9 Å². The van der Waals surface area contributed by atoms with Crippen molar-refractivity contribution < 1.29 is 22.3 Å². The van der Waals surface area contributed by atoms with Crippen molar-refractivity contribution in [3.05, 3.63) is 94.5 Å². The van der Waals surface area contributed by atoms with Gasteiger partial charge in [0.05, 0.1) is 17.5 Å². The number of carbonyl (C=O) groups is 1. The molecule has 1 atom stereocenters. The van der Waals surface area contributed by atoms with E-state index in [1.54, 1.807) is 52.6 Å². The van der Waals surface area contributed by atoms with Crippen LogP contribution in [0.3, 0.4) is 0 Å². The molecule has 0 spiro atoms. The Morgan fingerprint density at radius 2 is 1.91 bits per heavy atom. The van der Waals surface area contributed by atoms with Crippen LogP contribution in [0, 0.1) is 12.7 Å². The number of thiophene rings is 1. The lowest BCUT2D eigenvalue weighted by molar-refractivity contribution is -0.135. The largest absolute Gasteiger partial charge is 0.491 e. The average Bonchev–Trinajstić information content (AvgIpc) is 3.32. The molecule has 0 bridgehead atoms. The van der Waals surface area contributed by atoms with Crippen molar-refractivity contribution in [3.8, 4) is 5.75 Å². The number of hydrogen-bond acceptors (Lipinski definition) is 5. The second-order valence-electron chi connectivity index (χ2n) is 8.32. The molecular formula is C26H27FN2O4S2. The number of amides is 1. The lowest BCUT2D eigenvalue weighted by atomic mass is 10.0. The lowest BCUT2D eigenvalue weighted by Crippen LogP contribution is -2.47. The maximum absolute atomic E-state index is 13.5. The summed E-state index contributed by atoms with van der Waals surface area (Å²) in [5, 5.41) is 1.98. The molecule has 1 amide bonds. The Balaban J connectivity index is 1.55. The zero-order chi connectivity index (χ0) is 25.0. The van der Waals surface area contributed by atoms with Gasteiger partial charge in [-0.15, -0.1) is 17.9 Å². The van der Waals surface area contributed by atoms with Gasteiger partial charge < -0.3 is 9.64 Å². The minimum absolute atomic E-state index is 0.0102. The van der Waals surface area contributed by atoms with E-state index >= 15 is 0 Å². The fourth-order valence-corrected chi connectivity index (χ4v) is 6.36. The van der Waals surface area contributed by atoms with Gasteiger partial charge in [0.1, 0.15) is 18.2 Å². The van der Waals surface area contributed by atoms with Crippen molar-refractivity contribution in [3.63, 3.8) is 0 Å². The quantitative estimate of drug-likeness (QED) is 0.392. The van der Waals surface area contributed by atoms with E-state index in [2.05, 4.69) is 6.58 Å². The zero-order valence-electron chi connectivity index (χ0n) is 19.4. The molecule has 1 aliphatic rings. The third kappa shape index (κ3) is 5.63. The predicted octanol–water partition coefficient (Wildman–Crippen LogP) is 4.58. The molecule has 2 heterocycles. The van der Waals surface area contributed by atoms with Crippen LogP contribution in [-0.2, 0) is 21.2 Å². The van der Waals surface area contributed by atoms with Crippen molar-refractivity contribution in [1.82, 2.24) is 9.21 Å². The van der Waals surface area contributed by atoms with Crippen LogP contribution in [-0.4, -0.2) is 49.8 Å². The summed E-state index contributed by atoms with van der Waals surface area (Å²) in [5.74, 6) is -0.174. The van der Waals surface area contributed by atoms with Crippen molar-refractivity contribution in [1.29, 1.82) is 0 Å². The van der Waals surface area contributed by atoms with E-state index in [9.17, 15) is 17.6 Å². The first kappa shape index (κ1) is 25.1. The van der Waals surface area contributed by atoms with Gasteiger partial charge in [-0.2, -0.15) is 4.31 Å². The number of carbonyl (C=O) groups excluding carboxylic acids is 1. The molecule has 0 saturated heterocycles. The summed E-state index contributed by atoms with van der Waals surface area (Å²) < 4.78 is 46.9. The molecule has 0 fully saturated rings. The summed E-state index contributed by atoms with van der Waals surface area (Å²) in [6.45, 7) is 5.88.